The van der Waals surface area contributed by atoms with E-state index in [1.54, 1.807) is 54.6 Å². The maximum atomic E-state index is 13.9. The molecule has 0 fully saturated rings. The van der Waals surface area contributed by atoms with Crippen LogP contribution in [0.3, 0.4) is 0 Å². The van der Waals surface area contributed by atoms with Crippen LogP contribution >= 0.6 is 0 Å². The smallest absolute Gasteiger partial charge is 0.261 e. The van der Waals surface area contributed by atoms with Gasteiger partial charge >= 0.3 is 0 Å². The quantitative estimate of drug-likeness (QED) is 0.543. The molecule has 0 spiro atoms. The monoisotopic (exact) mass is 395 g/mol. The molecule has 0 radical (unpaired) electrons. The molecule has 0 saturated carbocycles. The maximum absolute atomic E-state index is 13.9. The molecule has 0 aliphatic heterocycles. The van der Waals surface area contributed by atoms with Crippen LogP contribution in [0, 0.1) is 5.82 Å². The van der Waals surface area contributed by atoms with E-state index in [1.807, 2.05) is 0 Å². The predicted molar refractivity (Wildman–Crippen MR) is 102 cm³/mol. The predicted octanol–water partition coefficient (Wildman–Crippen LogP) is 4.34. The molecule has 1 aromatic heterocycles. The van der Waals surface area contributed by atoms with Gasteiger partial charge in [0, 0.05) is 11.3 Å². The number of anilines is 1. The molecule has 28 heavy (non-hydrogen) atoms. The van der Waals surface area contributed by atoms with E-state index in [-0.39, 0.29) is 22.2 Å². The number of rotatable bonds is 5. The molecule has 0 amide bonds. The van der Waals surface area contributed by atoms with Crippen molar-refractivity contribution in [1.29, 1.82) is 0 Å². The van der Waals surface area contributed by atoms with E-state index in [1.165, 1.54) is 24.3 Å². The summed E-state index contributed by atoms with van der Waals surface area (Å²) in [6.45, 7) is 0. The lowest BCUT2D eigenvalue weighted by molar-refractivity contribution is 0.429. The Bertz CT molecular complexity index is 1220. The molecule has 0 atom stereocenters. The number of halogens is 1. The summed E-state index contributed by atoms with van der Waals surface area (Å²) in [4.78, 5) is 4.37. The van der Waals surface area contributed by atoms with Crippen molar-refractivity contribution in [2.45, 2.75) is 4.90 Å². The van der Waals surface area contributed by atoms with Gasteiger partial charge in [0.25, 0.3) is 15.9 Å². The molecule has 140 valence electrons. The van der Waals surface area contributed by atoms with Crippen LogP contribution < -0.4 is 4.72 Å². The van der Waals surface area contributed by atoms with Gasteiger partial charge in [-0.3, -0.25) is 4.72 Å². The van der Waals surface area contributed by atoms with Gasteiger partial charge in [-0.25, -0.2) is 12.8 Å². The Morgan fingerprint density at radius 3 is 2.43 bits per heavy atom. The van der Waals surface area contributed by atoms with Gasteiger partial charge in [-0.1, -0.05) is 47.6 Å². The topological polar surface area (TPSA) is 85.1 Å². The average molecular weight is 395 g/mol. The van der Waals surface area contributed by atoms with Crippen molar-refractivity contribution in [2.75, 3.05) is 4.72 Å². The molecule has 0 unspecified atom stereocenters. The Labute approximate surface area is 160 Å². The van der Waals surface area contributed by atoms with Crippen molar-refractivity contribution < 1.29 is 17.3 Å². The molecule has 0 bridgehead atoms. The van der Waals surface area contributed by atoms with E-state index in [0.717, 1.165) is 0 Å². The zero-order valence-corrected chi connectivity index (χ0v) is 15.2. The highest BCUT2D eigenvalue weighted by molar-refractivity contribution is 7.92. The molecule has 1 N–H and O–H groups in total. The van der Waals surface area contributed by atoms with E-state index < -0.39 is 15.8 Å². The second kappa shape index (κ2) is 7.24. The Hall–Kier alpha value is -3.52. The van der Waals surface area contributed by atoms with E-state index in [0.29, 0.717) is 11.3 Å². The van der Waals surface area contributed by atoms with Crippen molar-refractivity contribution in [3.8, 4) is 22.8 Å². The van der Waals surface area contributed by atoms with Crippen molar-refractivity contribution in [1.82, 2.24) is 10.1 Å². The van der Waals surface area contributed by atoms with Crippen LogP contribution in [0.25, 0.3) is 22.8 Å². The summed E-state index contributed by atoms with van der Waals surface area (Å²) in [7, 11) is -3.72. The van der Waals surface area contributed by atoms with E-state index in [9.17, 15) is 12.8 Å². The normalized spacial score (nSPS) is 11.3. The summed E-state index contributed by atoms with van der Waals surface area (Å²) in [5.74, 6) is -0.204. The minimum absolute atomic E-state index is 0.0448. The van der Waals surface area contributed by atoms with Crippen molar-refractivity contribution in [3.63, 3.8) is 0 Å². The summed E-state index contributed by atoms with van der Waals surface area (Å²) in [6, 6.07) is 20.7. The van der Waals surface area contributed by atoms with Crippen molar-refractivity contribution in [2.24, 2.45) is 0 Å². The average Bonchev–Trinajstić information content (AvgIpc) is 3.19. The van der Waals surface area contributed by atoms with Gasteiger partial charge in [-0.2, -0.15) is 4.98 Å². The molecule has 0 saturated heterocycles. The van der Waals surface area contributed by atoms with Gasteiger partial charge in [0.2, 0.25) is 5.82 Å². The van der Waals surface area contributed by atoms with Crippen LogP contribution in [0.4, 0.5) is 10.1 Å². The number of hydrogen-bond acceptors (Lipinski definition) is 5. The molecule has 4 rings (SSSR count). The third kappa shape index (κ3) is 3.63. The maximum Gasteiger partial charge on any atom is 0.261 e. The molecule has 0 aliphatic carbocycles. The summed E-state index contributed by atoms with van der Waals surface area (Å²) in [5.41, 5.74) is 1.07. The fraction of sp³-hybridized carbons (Fsp3) is 0. The minimum atomic E-state index is -3.72. The highest BCUT2D eigenvalue weighted by Gasteiger charge is 2.16. The highest BCUT2D eigenvalue weighted by atomic mass is 32.2. The summed E-state index contributed by atoms with van der Waals surface area (Å²) < 4.78 is 46.5. The number of nitrogens with zero attached hydrogens (tertiary/aromatic N) is 2. The van der Waals surface area contributed by atoms with Gasteiger partial charge in [0.05, 0.1) is 10.5 Å². The fourth-order valence-corrected chi connectivity index (χ4v) is 3.69. The zero-order valence-electron chi connectivity index (χ0n) is 14.4. The first kappa shape index (κ1) is 17.9. The van der Waals surface area contributed by atoms with Crippen LogP contribution in [-0.2, 0) is 10.0 Å². The van der Waals surface area contributed by atoms with Crippen LogP contribution in [0.5, 0.6) is 0 Å². The molecule has 8 heteroatoms. The van der Waals surface area contributed by atoms with Crippen LogP contribution in [-0.4, -0.2) is 18.6 Å². The first-order valence-electron chi connectivity index (χ1n) is 8.30. The first-order valence-corrected chi connectivity index (χ1v) is 9.78. The lowest BCUT2D eigenvalue weighted by atomic mass is 10.2. The van der Waals surface area contributed by atoms with Crippen LogP contribution in [0.1, 0.15) is 0 Å². The van der Waals surface area contributed by atoms with Crippen molar-refractivity contribution in [3.05, 3.63) is 84.7 Å². The molecular weight excluding hydrogens is 381 g/mol. The largest absolute Gasteiger partial charge is 0.334 e. The van der Waals surface area contributed by atoms with Gasteiger partial charge in [0.15, 0.2) is 0 Å². The first-order chi connectivity index (χ1) is 13.5. The number of hydrogen-bond donors (Lipinski definition) is 1. The highest BCUT2D eigenvalue weighted by Crippen LogP contribution is 2.26. The second-order valence-electron chi connectivity index (χ2n) is 5.90. The fourth-order valence-electron chi connectivity index (χ4n) is 2.62. The standard InChI is InChI=1S/C20H14FN3O3S/c21-18-12-5-4-11-17(18)20-22-19(23-27-20)14-7-6-8-15(13-14)24-28(25,26)16-9-2-1-3-10-16/h1-13,24H. The van der Waals surface area contributed by atoms with Crippen LogP contribution in [0.15, 0.2) is 88.3 Å². The number of sulfonamides is 1. The third-order valence-electron chi connectivity index (χ3n) is 3.96. The lowest BCUT2D eigenvalue weighted by Crippen LogP contribution is -2.12. The summed E-state index contributed by atoms with van der Waals surface area (Å²) >= 11 is 0. The number of benzene rings is 3. The Morgan fingerprint density at radius 1 is 0.893 bits per heavy atom. The van der Waals surface area contributed by atoms with Crippen LogP contribution in [0.2, 0.25) is 0 Å². The van der Waals surface area contributed by atoms with E-state index >= 15 is 0 Å². The van der Waals surface area contributed by atoms with Crippen molar-refractivity contribution >= 4 is 15.7 Å². The summed E-state index contributed by atoms with van der Waals surface area (Å²) in [6.07, 6.45) is 0. The third-order valence-corrected chi connectivity index (χ3v) is 5.35. The number of nitrogens with one attached hydrogen (secondary N) is 1. The molecule has 0 aliphatic rings. The Morgan fingerprint density at radius 2 is 1.64 bits per heavy atom. The molecule has 4 aromatic rings. The Balaban J connectivity index is 1.62. The van der Waals surface area contributed by atoms with E-state index in [4.69, 9.17) is 4.52 Å². The SMILES string of the molecule is O=S(=O)(Nc1cccc(-c2noc(-c3ccccc3F)n2)c1)c1ccccc1. The number of aromatic nitrogens is 2. The van der Waals surface area contributed by atoms with Gasteiger partial charge in [0.1, 0.15) is 5.82 Å². The second-order valence-corrected chi connectivity index (χ2v) is 7.58. The minimum Gasteiger partial charge on any atom is -0.334 e. The Kier molecular flexibility index (Phi) is 4.62. The van der Waals surface area contributed by atoms with Gasteiger partial charge in [-0.15, -0.1) is 0 Å². The molecule has 6 nitrogen and oxygen atoms in total. The molecule has 1 heterocycles. The zero-order chi connectivity index (χ0) is 19.6. The van der Waals surface area contributed by atoms with E-state index in [2.05, 4.69) is 14.9 Å². The molecular formula is C20H14FN3O3S. The molecule has 3 aromatic carbocycles. The lowest BCUT2D eigenvalue weighted by Gasteiger charge is -2.08. The summed E-state index contributed by atoms with van der Waals surface area (Å²) in [5, 5.41) is 3.87. The van der Waals surface area contributed by atoms with Gasteiger partial charge < -0.3 is 4.52 Å². The van der Waals surface area contributed by atoms with Gasteiger partial charge in [-0.05, 0) is 36.4 Å².